The molecule has 0 aliphatic rings. The molecule has 1 aromatic heterocycles. The van der Waals surface area contributed by atoms with Gasteiger partial charge in [0.05, 0.1) is 6.57 Å². The van der Waals surface area contributed by atoms with E-state index >= 15 is 0 Å². The predicted octanol–water partition coefficient (Wildman–Crippen LogP) is 4.79. The highest BCUT2D eigenvalue weighted by Crippen LogP contribution is 2.28. The van der Waals surface area contributed by atoms with Crippen LogP contribution in [0.3, 0.4) is 0 Å². The molecule has 0 saturated carbocycles. The van der Waals surface area contributed by atoms with Crippen molar-refractivity contribution < 1.29 is 0 Å². The van der Waals surface area contributed by atoms with Crippen LogP contribution in [0.15, 0.2) is 58.4 Å². The van der Waals surface area contributed by atoms with Crippen molar-refractivity contribution in [1.82, 2.24) is 9.55 Å². The fourth-order valence-corrected chi connectivity index (χ4v) is 3.12. The van der Waals surface area contributed by atoms with Gasteiger partial charge in [0.1, 0.15) is 10.9 Å². The van der Waals surface area contributed by atoms with E-state index in [-0.39, 0.29) is 11.2 Å². The molecule has 124 valence electrons. The average Bonchev–Trinajstić information content (AvgIpc) is 2.64. The van der Waals surface area contributed by atoms with Gasteiger partial charge in [0.2, 0.25) is 0 Å². The lowest BCUT2D eigenvalue weighted by Gasteiger charge is -2.16. The highest BCUT2D eigenvalue weighted by molar-refractivity contribution is 7.98. The topological polar surface area (TPSA) is 39.2 Å². The van der Waals surface area contributed by atoms with E-state index in [1.165, 1.54) is 16.3 Å². The largest absolute Gasteiger partial charge is 0.282 e. The summed E-state index contributed by atoms with van der Waals surface area (Å²) in [5.74, 6) is 0.547. The molecule has 0 fully saturated rings. The first-order chi connectivity index (χ1) is 12.1. The van der Waals surface area contributed by atoms with E-state index in [9.17, 15) is 4.79 Å². The molecule has 0 spiro atoms. The minimum atomic E-state index is -0.337. The Labute approximate surface area is 151 Å². The van der Waals surface area contributed by atoms with Gasteiger partial charge in [-0.1, -0.05) is 36.4 Å². The summed E-state index contributed by atoms with van der Waals surface area (Å²) in [5, 5.41) is 0.457. The number of benzene rings is 2. The number of thioether (sulfide) groups is 1. The van der Waals surface area contributed by atoms with E-state index in [1.807, 2.05) is 68.6 Å². The molecular formula is C20H17N3OS. The standard InChI is InChI=1S/C20H17N3OS/c1-13-10-11-16(12-14(13)2)23-18(15-8-6-5-7-9-15)22-19(25-4)17(21-3)20(23)24/h5-12H,1-2,4H3. The average molecular weight is 347 g/mol. The van der Waals surface area contributed by atoms with Crippen LogP contribution in [0.25, 0.3) is 21.9 Å². The normalized spacial score (nSPS) is 10.5. The van der Waals surface area contributed by atoms with Gasteiger partial charge in [0.15, 0.2) is 0 Å². The summed E-state index contributed by atoms with van der Waals surface area (Å²) in [6.07, 6.45) is 1.82. The van der Waals surface area contributed by atoms with Gasteiger partial charge < -0.3 is 0 Å². The van der Waals surface area contributed by atoms with Crippen LogP contribution in [0.4, 0.5) is 5.69 Å². The van der Waals surface area contributed by atoms with Crippen LogP contribution in [0, 0.1) is 20.4 Å². The lowest BCUT2D eigenvalue weighted by atomic mass is 10.1. The third kappa shape index (κ3) is 3.09. The Balaban J connectivity index is 2.41. The fraction of sp³-hybridized carbons (Fsp3) is 0.150. The lowest BCUT2D eigenvalue weighted by Crippen LogP contribution is -2.22. The zero-order valence-corrected chi connectivity index (χ0v) is 15.1. The molecule has 0 aliphatic heterocycles. The van der Waals surface area contributed by atoms with Gasteiger partial charge in [-0.3, -0.25) is 9.36 Å². The zero-order chi connectivity index (χ0) is 18.0. The quantitative estimate of drug-likeness (QED) is 0.388. The molecule has 5 heteroatoms. The van der Waals surface area contributed by atoms with Crippen molar-refractivity contribution in [2.24, 2.45) is 0 Å². The summed E-state index contributed by atoms with van der Waals surface area (Å²) in [4.78, 5) is 21.1. The lowest BCUT2D eigenvalue weighted by molar-refractivity contribution is 0.914. The van der Waals surface area contributed by atoms with Gasteiger partial charge in [-0.25, -0.2) is 9.83 Å². The van der Waals surface area contributed by atoms with Crippen molar-refractivity contribution in [3.63, 3.8) is 0 Å². The van der Waals surface area contributed by atoms with E-state index in [1.54, 1.807) is 0 Å². The maximum absolute atomic E-state index is 13.1. The van der Waals surface area contributed by atoms with E-state index < -0.39 is 0 Å². The number of hydrogen-bond acceptors (Lipinski definition) is 3. The number of rotatable bonds is 3. The Morgan fingerprint density at radius 2 is 1.80 bits per heavy atom. The molecular weight excluding hydrogens is 330 g/mol. The summed E-state index contributed by atoms with van der Waals surface area (Å²) in [6, 6.07) is 15.4. The summed E-state index contributed by atoms with van der Waals surface area (Å²) < 4.78 is 1.54. The zero-order valence-electron chi connectivity index (χ0n) is 14.3. The Bertz CT molecular complexity index is 1030. The summed E-state index contributed by atoms with van der Waals surface area (Å²) in [6.45, 7) is 11.4. The van der Waals surface area contributed by atoms with Gasteiger partial charge in [0.25, 0.3) is 11.2 Å². The third-order valence-electron chi connectivity index (χ3n) is 4.11. The van der Waals surface area contributed by atoms with Crippen molar-refractivity contribution in [2.75, 3.05) is 6.26 Å². The molecule has 0 unspecified atom stereocenters. The highest BCUT2D eigenvalue weighted by atomic mass is 32.2. The molecule has 0 radical (unpaired) electrons. The van der Waals surface area contributed by atoms with Crippen molar-refractivity contribution in [1.29, 1.82) is 0 Å². The molecule has 0 atom stereocenters. The van der Waals surface area contributed by atoms with Crippen molar-refractivity contribution in [2.45, 2.75) is 18.9 Å². The minimum absolute atomic E-state index is 0.0606. The van der Waals surface area contributed by atoms with Crippen molar-refractivity contribution in [3.8, 4) is 17.1 Å². The smallest absolute Gasteiger partial charge is 0.282 e. The van der Waals surface area contributed by atoms with Gasteiger partial charge in [-0.15, -0.1) is 11.8 Å². The highest BCUT2D eigenvalue weighted by Gasteiger charge is 2.19. The van der Waals surface area contributed by atoms with Crippen LogP contribution < -0.4 is 5.56 Å². The van der Waals surface area contributed by atoms with Crippen LogP contribution in [-0.4, -0.2) is 15.8 Å². The molecule has 3 aromatic rings. The number of aromatic nitrogens is 2. The Morgan fingerprint density at radius 1 is 1.08 bits per heavy atom. The van der Waals surface area contributed by atoms with Crippen LogP contribution >= 0.6 is 11.8 Å². The molecule has 0 saturated heterocycles. The maximum Gasteiger partial charge on any atom is 0.282 e. The molecule has 4 nitrogen and oxygen atoms in total. The Kier molecular flexibility index (Phi) is 4.73. The van der Waals surface area contributed by atoms with Gasteiger partial charge >= 0.3 is 0 Å². The van der Waals surface area contributed by atoms with Crippen molar-refractivity contribution >= 4 is 17.4 Å². The summed E-state index contributed by atoms with van der Waals surface area (Å²) in [5.41, 5.74) is 3.52. The fourth-order valence-electron chi connectivity index (χ4n) is 2.62. The second-order valence-corrected chi connectivity index (χ2v) is 6.48. The predicted molar refractivity (Wildman–Crippen MR) is 103 cm³/mol. The van der Waals surface area contributed by atoms with E-state index in [2.05, 4.69) is 9.83 Å². The number of aryl methyl sites for hydroxylation is 2. The van der Waals surface area contributed by atoms with Crippen LogP contribution in [0.1, 0.15) is 11.1 Å². The van der Waals surface area contributed by atoms with Crippen LogP contribution in [-0.2, 0) is 0 Å². The second-order valence-electron chi connectivity index (χ2n) is 5.68. The van der Waals surface area contributed by atoms with E-state index in [0.717, 1.165) is 22.4 Å². The second kappa shape index (κ2) is 6.96. The first-order valence-electron chi connectivity index (χ1n) is 7.78. The first-order valence-corrected chi connectivity index (χ1v) is 9.01. The SMILES string of the molecule is [C-]#[N+]c1c(SC)nc(-c2ccccc2)n(-c2ccc(C)c(C)c2)c1=O. The molecule has 0 aliphatic carbocycles. The molecule has 3 rings (SSSR count). The molecule has 0 amide bonds. The van der Waals surface area contributed by atoms with E-state index in [0.29, 0.717) is 10.9 Å². The molecule has 0 bridgehead atoms. The van der Waals surface area contributed by atoms with E-state index in [4.69, 9.17) is 6.57 Å². The summed E-state index contributed by atoms with van der Waals surface area (Å²) >= 11 is 1.31. The van der Waals surface area contributed by atoms with Gasteiger partial charge in [0, 0.05) is 11.3 Å². The van der Waals surface area contributed by atoms with Gasteiger partial charge in [-0.2, -0.15) is 0 Å². The molecule has 25 heavy (non-hydrogen) atoms. The van der Waals surface area contributed by atoms with Crippen LogP contribution in [0.5, 0.6) is 0 Å². The molecule has 0 N–H and O–H groups in total. The molecule has 2 aromatic carbocycles. The van der Waals surface area contributed by atoms with Crippen molar-refractivity contribution in [3.05, 3.63) is 81.4 Å². The molecule has 1 heterocycles. The minimum Gasteiger partial charge on any atom is -0.282 e. The van der Waals surface area contributed by atoms with Gasteiger partial charge in [-0.05, 0) is 43.4 Å². The third-order valence-corrected chi connectivity index (χ3v) is 4.78. The number of nitrogens with zero attached hydrogens (tertiary/aromatic N) is 3. The Morgan fingerprint density at radius 3 is 2.40 bits per heavy atom. The summed E-state index contributed by atoms with van der Waals surface area (Å²) in [7, 11) is 0. The van der Waals surface area contributed by atoms with Crippen LogP contribution in [0.2, 0.25) is 0 Å². The number of hydrogen-bond donors (Lipinski definition) is 0. The maximum atomic E-state index is 13.1. The Hall–Kier alpha value is -2.84. The monoisotopic (exact) mass is 347 g/mol. The first kappa shape index (κ1) is 17.0.